The van der Waals surface area contributed by atoms with E-state index in [0.717, 1.165) is 25.1 Å². The summed E-state index contributed by atoms with van der Waals surface area (Å²) in [4.78, 5) is 14.2. The number of nitrogens with one attached hydrogen (secondary N) is 1. The summed E-state index contributed by atoms with van der Waals surface area (Å²) in [6.45, 7) is 3.17. The average Bonchev–Trinajstić information content (AvgIpc) is 2.74. The number of piperidine rings is 1. The van der Waals surface area contributed by atoms with Gasteiger partial charge in [-0.05, 0) is 48.9 Å². The maximum Gasteiger partial charge on any atom is 0.407 e. The van der Waals surface area contributed by atoms with E-state index in [9.17, 15) is 4.79 Å². The van der Waals surface area contributed by atoms with Gasteiger partial charge in [0.15, 0.2) is 0 Å². The van der Waals surface area contributed by atoms with Gasteiger partial charge < -0.3 is 15.0 Å². The first-order chi connectivity index (χ1) is 13.3. The molecule has 142 valence electrons. The molecule has 0 radical (unpaired) electrons. The fourth-order valence-corrected chi connectivity index (χ4v) is 3.23. The molecule has 0 spiro atoms. The van der Waals surface area contributed by atoms with Crippen molar-refractivity contribution in [2.75, 3.05) is 24.5 Å². The standard InChI is InChI=1S/C23H28N2O2/c26-23(27-19-21-11-3-1-4-12-21)24-15-6-5-10-20-13-9-14-22(18-20)25-16-7-2-8-17-25/h1,3-5,9-14,18H,2,6-8,15-17,19H2,(H,24,26). The molecule has 0 bridgehead atoms. The summed E-state index contributed by atoms with van der Waals surface area (Å²) in [5.41, 5.74) is 3.49. The molecular weight excluding hydrogens is 336 g/mol. The third-order valence-electron chi connectivity index (χ3n) is 4.69. The number of alkyl carbamates (subject to hydrolysis) is 1. The third kappa shape index (κ3) is 6.48. The monoisotopic (exact) mass is 364 g/mol. The van der Waals surface area contributed by atoms with Crippen LogP contribution in [0.15, 0.2) is 60.7 Å². The molecule has 1 amide bonds. The van der Waals surface area contributed by atoms with Crippen LogP contribution in [0.25, 0.3) is 6.08 Å². The number of amides is 1. The van der Waals surface area contributed by atoms with Crippen molar-refractivity contribution in [1.82, 2.24) is 5.32 Å². The van der Waals surface area contributed by atoms with Crippen LogP contribution in [0.5, 0.6) is 0 Å². The SMILES string of the molecule is O=C(NCCC=Cc1cccc(N2CCCCC2)c1)OCc1ccccc1. The quantitative estimate of drug-likeness (QED) is 0.703. The zero-order chi connectivity index (χ0) is 18.7. The Bertz CT molecular complexity index is 737. The zero-order valence-electron chi connectivity index (χ0n) is 15.8. The summed E-state index contributed by atoms with van der Waals surface area (Å²) in [5.74, 6) is 0. The van der Waals surface area contributed by atoms with Gasteiger partial charge in [0.25, 0.3) is 0 Å². The first-order valence-electron chi connectivity index (χ1n) is 9.77. The number of carbonyl (C=O) groups is 1. The first kappa shape index (κ1) is 19.0. The Kier molecular flexibility index (Phi) is 7.34. The molecule has 4 nitrogen and oxygen atoms in total. The van der Waals surface area contributed by atoms with Crippen molar-refractivity contribution in [2.24, 2.45) is 0 Å². The molecule has 2 aromatic rings. The van der Waals surface area contributed by atoms with E-state index in [1.165, 1.54) is 30.5 Å². The van der Waals surface area contributed by atoms with Gasteiger partial charge in [-0.1, -0.05) is 54.6 Å². The second kappa shape index (κ2) is 10.4. The molecule has 1 aliphatic rings. The van der Waals surface area contributed by atoms with Crippen molar-refractivity contribution in [2.45, 2.75) is 32.3 Å². The Labute approximate surface area is 161 Å². The number of benzene rings is 2. The van der Waals surface area contributed by atoms with Crippen molar-refractivity contribution in [3.8, 4) is 0 Å². The molecule has 0 aromatic heterocycles. The van der Waals surface area contributed by atoms with E-state index in [1.54, 1.807) is 0 Å². The summed E-state index contributed by atoms with van der Waals surface area (Å²) >= 11 is 0. The fourth-order valence-electron chi connectivity index (χ4n) is 3.23. The molecule has 1 heterocycles. The van der Waals surface area contributed by atoms with Gasteiger partial charge in [0.2, 0.25) is 0 Å². The number of ether oxygens (including phenoxy) is 1. The van der Waals surface area contributed by atoms with Gasteiger partial charge in [-0.25, -0.2) is 4.79 Å². The molecule has 1 aliphatic heterocycles. The lowest BCUT2D eigenvalue weighted by Crippen LogP contribution is -2.29. The van der Waals surface area contributed by atoms with Crippen molar-refractivity contribution >= 4 is 17.9 Å². The second-order valence-electron chi connectivity index (χ2n) is 6.82. The van der Waals surface area contributed by atoms with E-state index in [-0.39, 0.29) is 6.09 Å². The van der Waals surface area contributed by atoms with Crippen molar-refractivity contribution in [1.29, 1.82) is 0 Å². The van der Waals surface area contributed by atoms with E-state index in [2.05, 4.69) is 46.6 Å². The van der Waals surface area contributed by atoms with Crippen LogP contribution >= 0.6 is 0 Å². The van der Waals surface area contributed by atoms with E-state index in [0.29, 0.717) is 13.2 Å². The predicted molar refractivity (Wildman–Crippen MR) is 111 cm³/mol. The first-order valence-corrected chi connectivity index (χ1v) is 9.77. The van der Waals surface area contributed by atoms with Crippen LogP contribution in [0.3, 0.4) is 0 Å². The largest absolute Gasteiger partial charge is 0.445 e. The minimum absolute atomic E-state index is 0.297. The minimum atomic E-state index is -0.376. The minimum Gasteiger partial charge on any atom is -0.445 e. The van der Waals surface area contributed by atoms with Crippen molar-refractivity contribution in [3.05, 3.63) is 71.8 Å². The fraction of sp³-hybridized carbons (Fsp3) is 0.348. The molecule has 2 aromatic carbocycles. The van der Waals surface area contributed by atoms with Crippen molar-refractivity contribution in [3.63, 3.8) is 0 Å². The van der Waals surface area contributed by atoms with Gasteiger partial charge in [0, 0.05) is 25.3 Å². The molecule has 4 heteroatoms. The summed E-state index contributed by atoms with van der Waals surface area (Å²) in [5, 5.41) is 2.78. The number of hydrogen-bond acceptors (Lipinski definition) is 3. The average molecular weight is 364 g/mol. The predicted octanol–water partition coefficient (Wildman–Crippen LogP) is 5.01. The molecule has 0 aliphatic carbocycles. The van der Waals surface area contributed by atoms with Crippen LogP contribution in [-0.4, -0.2) is 25.7 Å². The zero-order valence-corrected chi connectivity index (χ0v) is 15.8. The lowest BCUT2D eigenvalue weighted by molar-refractivity contribution is 0.140. The summed E-state index contributed by atoms with van der Waals surface area (Å²) in [6.07, 6.45) is 8.51. The second-order valence-corrected chi connectivity index (χ2v) is 6.82. The topological polar surface area (TPSA) is 41.6 Å². The van der Waals surface area contributed by atoms with Crippen molar-refractivity contribution < 1.29 is 9.53 Å². The molecule has 1 N–H and O–H groups in total. The van der Waals surface area contributed by atoms with E-state index >= 15 is 0 Å². The Morgan fingerprint density at radius 1 is 1.04 bits per heavy atom. The number of nitrogens with zero attached hydrogens (tertiary/aromatic N) is 1. The molecule has 1 saturated heterocycles. The third-order valence-corrected chi connectivity index (χ3v) is 4.69. The van der Waals surface area contributed by atoms with Gasteiger partial charge in [-0.3, -0.25) is 0 Å². The number of hydrogen-bond donors (Lipinski definition) is 1. The Hall–Kier alpha value is -2.75. The highest BCUT2D eigenvalue weighted by Crippen LogP contribution is 2.21. The number of carbonyl (C=O) groups excluding carboxylic acids is 1. The highest BCUT2D eigenvalue weighted by molar-refractivity contribution is 5.67. The maximum atomic E-state index is 11.7. The highest BCUT2D eigenvalue weighted by Gasteiger charge is 2.10. The van der Waals surface area contributed by atoms with Gasteiger partial charge in [-0.15, -0.1) is 0 Å². The normalized spacial score (nSPS) is 14.3. The van der Waals surface area contributed by atoms with Crippen LogP contribution in [0.4, 0.5) is 10.5 Å². The van der Waals surface area contributed by atoms with E-state index in [4.69, 9.17) is 4.74 Å². The molecular formula is C23H28N2O2. The molecule has 0 saturated carbocycles. The van der Waals surface area contributed by atoms with Crippen LogP contribution in [0.1, 0.15) is 36.8 Å². The van der Waals surface area contributed by atoms with Crippen LogP contribution < -0.4 is 10.2 Å². The number of rotatable bonds is 7. The lowest BCUT2D eigenvalue weighted by atomic mass is 10.1. The van der Waals surface area contributed by atoms with Crippen LogP contribution in [0.2, 0.25) is 0 Å². The van der Waals surface area contributed by atoms with Crippen LogP contribution in [-0.2, 0) is 11.3 Å². The van der Waals surface area contributed by atoms with Crippen LogP contribution in [0, 0.1) is 0 Å². The molecule has 27 heavy (non-hydrogen) atoms. The van der Waals surface area contributed by atoms with E-state index < -0.39 is 0 Å². The van der Waals surface area contributed by atoms with Gasteiger partial charge in [-0.2, -0.15) is 0 Å². The lowest BCUT2D eigenvalue weighted by Gasteiger charge is -2.29. The Balaban J connectivity index is 1.37. The summed E-state index contributed by atoms with van der Waals surface area (Å²) in [7, 11) is 0. The molecule has 1 fully saturated rings. The maximum absolute atomic E-state index is 11.7. The number of anilines is 1. The molecule has 0 atom stereocenters. The highest BCUT2D eigenvalue weighted by atomic mass is 16.5. The van der Waals surface area contributed by atoms with Gasteiger partial charge in [0.05, 0.1) is 0 Å². The summed E-state index contributed by atoms with van der Waals surface area (Å²) < 4.78 is 5.20. The Morgan fingerprint density at radius 2 is 1.85 bits per heavy atom. The van der Waals surface area contributed by atoms with E-state index in [1.807, 2.05) is 30.3 Å². The molecule has 3 rings (SSSR count). The van der Waals surface area contributed by atoms with Gasteiger partial charge in [0.1, 0.15) is 6.61 Å². The smallest absolute Gasteiger partial charge is 0.407 e. The molecule has 0 unspecified atom stereocenters. The Morgan fingerprint density at radius 3 is 2.67 bits per heavy atom. The summed E-state index contributed by atoms with van der Waals surface area (Å²) in [6, 6.07) is 18.3. The van der Waals surface area contributed by atoms with Gasteiger partial charge >= 0.3 is 6.09 Å².